The number of hydroxylamine groups is 1. The van der Waals surface area contributed by atoms with E-state index in [1.54, 1.807) is 6.07 Å². The lowest BCUT2D eigenvalue weighted by Gasteiger charge is -2.30. The molecule has 2 rings (SSSR count). The van der Waals surface area contributed by atoms with E-state index in [0.717, 1.165) is 13.0 Å². The molecule has 6 nitrogen and oxygen atoms in total. The van der Waals surface area contributed by atoms with Crippen molar-refractivity contribution in [1.82, 2.24) is 9.79 Å². The number of alkyl halides is 3. The van der Waals surface area contributed by atoms with Gasteiger partial charge in [-0.25, -0.2) is 0 Å². The Bertz CT molecular complexity index is 643. The number of carbonyl (C=O) groups excluding carboxylic acids is 1. The number of rotatable bonds is 4. The van der Waals surface area contributed by atoms with E-state index in [-0.39, 0.29) is 9.36 Å². The summed E-state index contributed by atoms with van der Waals surface area (Å²) in [6, 6.07) is 7.35. The quantitative estimate of drug-likeness (QED) is 0.619. The van der Waals surface area contributed by atoms with Gasteiger partial charge in [-0.3, -0.25) is 9.63 Å². The minimum absolute atomic E-state index is 0.133. The van der Waals surface area contributed by atoms with Gasteiger partial charge in [-0.1, -0.05) is 53.0 Å². The second kappa shape index (κ2) is 7.55. The highest BCUT2D eigenvalue weighted by atomic mass is 35.6. The van der Waals surface area contributed by atoms with Gasteiger partial charge in [0.15, 0.2) is 0 Å². The maximum atomic E-state index is 12.7. The Kier molecular flexibility index (Phi) is 6.16. The predicted molar refractivity (Wildman–Crippen MR) is 87.7 cm³/mol. The predicted octanol–water partition coefficient (Wildman–Crippen LogP) is 2.26. The standard InChI is InChI=1S/C13H15Cl3N2O4S/c14-13(15,16)12(19)18(22-10-5-4-8-17-9-10)23(20,21)11-6-2-1-3-7-11/h1-3,6-7,10,17H,4-5,8-9H2. The first-order valence-electron chi connectivity index (χ1n) is 6.82. The van der Waals surface area contributed by atoms with E-state index >= 15 is 0 Å². The summed E-state index contributed by atoms with van der Waals surface area (Å²) in [7, 11) is -4.30. The fourth-order valence-corrected chi connectivity index (χ4v) is 3.71. The van der Waals surface area contributed by atoms with Crippen LogP contribution < -0.4 is 5.32 Å². The molecule has 0 spiro atoms. The van der Waals surface area contributed by atoms with Crippen molar-refractivity contribution in [3.63, 3.8) is 0 Å². The van der Waals surface area contributed by atoms with Crippen LogP contribution in [0.25, 0.3) is 0 Å². The van der Waals surface area contributed by atoms with Crippen molar-refractivity contribution in [3.05, 3.63) is 30.3 Å². The number of amides is 1. The molecule has 1 atom stereocenters. The minimum Gasteiger partial charge on any atom is -0.314 e. The normalized spacial score (nSPS) is 19.3. The zero-order valence-electron chi connectivity index (χ0n) is 11.9. The molecule has 1 aliphatic heterocycles. The van der Waals surface area contributed by atoms with Crippen LogP contribution >= 0.6 is 34.8 Å². The van der Waals surface area contributed by atoms with Crippen LogP contribution in [0.1, 0.15) is 12.8 Å². The van der Waals surface area contributed by atoms with E-state index in [0.29, 0.717) is 13.0 Å². The molecule has 10 heteroatoms. The molecule has 0 aromatic heterocycles. The summed E-state index contributed by atoms with van der Waals surface area (Å²) in [6.07, 6.45) is 0.853. The highest BCUT2D eigenvalue weighted by Gasteiger charge is 2.44. The van der Waals surface area contributed by atoms with E-state index in [4.69, 9.17) is 39.6 Å². The van der Waals surface area contributed by atoms with E-state index in [9.17, 15) is 13.2 Å². The molecule has 1 saturated heterocycles. The lowest BCUT2D eigenvalue weighted by atomic mass is 10.1. The molecule has 0 saturated carbocycles. The monoisotopic (exact) mass is 400 g/mol. The SMILES string of the molecule is O=C(N(OC1CCCNC1)S(=O)(=O)c1ccccc1)C(Cl)(Cl)Cl. The van der Waals surface area contributed by atoms with Crippen LogP contribution in [-0.2, 0) is 19.7 Å². The van der Waals surface area contributed by atoms with Crippen LogP contribution in [0.15, 0.2) is 35.2 Å². The largest absolute Gasteiger partial charge is 0.314 e. The number of hydrogen-bond acceptors (Lipinski definition) is 5. The fraction of sp³-hybridized carbons (Fsp3) is 0.462. The molecule has 1 amide bonds. The van der Waals surface area contributed by atoms with Gasteiger partial charge in [-0.2, -0.15) is 8.42 Å². The van der Waals surface area contributed by atoms with Crippen LogP contribution in [0.4, 0.5) is 0 Å². The maximum absolute atomic E-state index is 12.7. The third-order valence-corrected chi connectivity index (χ3v) is 5.21. The molecule has 0 radical (unpaired) electrons. The number of nitrogens with zero attached hydrogens (tertiary/aromatic N) is 1. The summed E-state index contributed by atoms with van der Waals surface area (Å²) in [5.74, 6) is -1.28. The van der Waals surface area contributed by atoms with Gasteiger partial charge in [0, 0.05) is 6.54 Å². The van der Waals surface area contributed by atoms with Gasteiger partial charge in [0.05, 0.1) is 11.0 Å². The highest BCUT2D eigenvalue weighted by molar-refractivity contribution is 7.89. The van der Waals surface area contributed by atoms with E-state index in [1.165, 1.54) is 24.3 Å². The first-order valence-corrected chi connectivity index (χ1v) is 9.39. The number of piperidine rings is 1. The van der Waals surface area contributed by atoms with Crippen LogP contribution in [0.5, 0.6) is 0 Å². The third kappa shape index (κ3) is 4.71. The minimum atomic E-state index is -4.30. The van der Waals surface area contributed by atoms with Crippen molar-refractivity contribution in [2.45, 2.75) is 27.6 Å². The lowest BCUT2D eigenvalue weighted by molar-refractivity contribution is -0.172. The molecule has 1 aromatic rings. The summed E-state index contributed by atoms with van der Waals surface area (Å²) < 4.78 is 23.1. The van der Waals surface area contributed by atoms with Crippen molar-refractivity contribution in [2.24, 2.45) is 0 Å². The Labute approximate surface area is 149 Å². The average Bonchev–Trinajstić information content (AvgIpc) is 2.53. The Morgan fingerprint density at radius 3 is 2.43 bits per heavy atom. The van der Waals surface area contributed by atoms with Gasteiger partial charge >= 0.3 is 5.91 Å². The molecule has 0 bridgehead atoms. The Balaban J connectivity index is 2.34. The summed E-state index contributed by atoms with van der Waals surface area (Å²) in [6.45, 7) is 1.19. The molecular formula is C13H15Cl3N2O4S. The van der Waals surface area contributed by atoms with Crippen molar-refractivity contribution < 1.29 is 18.0 Å². The number of benzene rings is 1. The highest BCUT2D eigenvalue weighted by Crippen LogP contribution is 2.32. The molecule has 128 valence electrons. The molecule has 1 heterocycles. The summed E-state index contributed by atoms with van der Waals surface area (Å²) in [5.41, 5.74) is 0. The van der Waals surface area contributed by atoms with Crippen molar-refractivity contribution in [1.29, 1.82) is 0 Å². The molecule has 1 aromatic carbocycles. The van der Waals surface area contributed by atoms with Gasteiger partial charge < -0.3 is 5.32 Å². The first-order chi connectivity index (χ1) is 10.7. The zero-order valence-corrected chi connectivity index (χ0v) is 15.0. The Hall–Kier alpha value is -0.570. The smallest absolute Gasteiger partial charge is 0.312 e. The van der Waals surface area contributed by atoms with Gasteiger partial charge in [0.25, 0.3) is 13.8 Å². The van der Waals surface area contributed by atoms with Gasteiger partial charge in [-0.15, -0.1) is 4.47 Å². The van der Waals surface area contributed by atoms with Crippen molar-refractivity contribution >= 4 is 50.7 Å². The molecule has 23 heavy (non-hydrogen) atoms. The first kappa shape index (κ1) is 18.8. The third-order valence-electron chi connectivity index (χ3n) is 3.16. The number of nitrogens with one attached hydrogen (secondary N) is 1. The molecular weight excluding hydrogens is 387 g/mol. The van der Waals surface area contributed by atoms with E-state index in [1.807, 2.05) is 0 Å². The number of hydrogen-bond donors (Lipinski definition) is 1. The van der Waals surface area contributed by atoms with E-state index in [2.05, 4.69) is 5.32 Å². The van der Waals surface area contributed by atoms with Gasteiger partial charge in [0.1, 0.15) is 0 Å². The van der Waals surface area contributed by atoms with E-state index < -0.39 is 25.8 Å². The van der Waals surface area contributed by atoms with Crippen molar-refractivity contribution in [3.8, 4) is 0 Å². The Morgan fingerprint density at radius 2 is 1.91 bits per heavy atom. The summed E-state index contributed by atoms with van der Waals surface area (Å²) in [4.78, 5) is 17.5. The van der Waals surface area contributed by atoms with Crippen LogP contribution in [0.3, 0.4) is 0 Å². The average molecular weight is 402 g/mol. The van der Waals surface area contributed by atoms with Crippen LogP contribution in [0, 0.1) is 0 Å². The maximum Gasteiger partial charge on any atom is 0.312 e. The summed E-state index contributed by atoms with van der Waals surface area (Å²) >= 11 is 16.7. The fourth-order valence-electron chi connectivity index (χ4n) is 2.05. The van der Waals surface area contributed by atoms with Gasteiger partial charge in [0.2, 0.25) is 0 Å². The number of sulfonamides is 1. The molecule has 1 fully saturated rings. The van der Waals surface area contributed by atoms with Crippen LogP contribution in [0.2, 0.25) is 0 Å². The van der Waals surface area contributed by atoms with Crippen molar-refractivity contribution in [2.75, 3.05) is 13.1 Å². The van der Waals surface area contributed by atoms with Crippen LogP contribution in [-0.4, -0.2) is 41.8 Å². The molecule has 0 aliphatic carbocycles. The second-order valence-corrected chi connectivity index (χ2v) is 8.96. The molecule has 1 unspecified atom stereocenters. The number of carbonyl (C=O) groups is 1. The molecule has 1 aliphatic rings. The molecule has 1 N–H and O–H groups in total. The number of halogens is 3. The zero-order chi connectivity index (χ0) is 17.1. The Morgan fingerprint density at radius 1 is 1.26 bits per heavy atom. The van der Waals surface area contributed by atoms with Gasteiger partial charge in [-0.05, 0) is 31.5 Å². The lowest BCUT2D eigenvalue weighted by Crippen LogP contribution is -2.48. The topological polar surface area (TPSA) is 75.7 Å². The summed E-state index contributed by atoms with van der Waals surface area (Å²) in [5, 5.41) is 3.05. The second-order valence-electron chi connectivity index (χ2n) is 4.92.